The molecule has 0 saturated carbocycles. The molecule has 0 amide bonds. The van der Waals surface area contributed by atoms with E-state index in [2.05, 4.69) is 0 Å². The van der Waals surface area contributed by atoms with E-state index in [1.54, 1.807) is 6.08 Å². The van der Waals surface area contributed by atoms with Crippen LogP contribution in [-0.4, -0.2) is 15.8 Å². The third-order valence-corrected chi connectivity index (χ3v) is 3.27. The average molecular weight is 286 g/mol. The summed E-state index contributed by atoms with van der Waals surface area (Å²) in [5.74, 6) is 0.693. The van der Waals surface area contributed by atoms with Crippen molar-refractivity contribution < 1.29 is 9.72 Å². The van der Waals surface area contributed by atoms with Crippen molar-refractivity contribution in [1.82, 2.24) is 0 Å². The lowest BCUT2D eigenvalue weighted by Gasteiger charge is -1.98. The normalized spacial score (nSPS) is 10.8. The third kappa shape index (κ3) is 4.89. The smallest absolute Gasteiger partial charge is 0.270 e. The van der Waals surface area contributed by atoms with E-state index in [0.717, 1.165) is 0 Å². The molecule has 0 unspecified atom stereocenters. The van der Waals surface area contributed by atoms with Gasteiger partial charge in [-0.2, -0.15) is 0 Å². The van der Waals surface area contributed by atoms with Crippen molar-refractivity contribution in [1.29, 1.82) is 0 Å². The van der Waals surface area contributed by atoms with E-state index < -0.39 is 4.92 Å². The maximum Gasteiger partial charge on any atom is 0.270 e. The van der Waals surface area contributed by atoms with Crippen LogP contribution in [0.15, 0.2) is 24.3 Å². The summed E-state index contributed by atoms with van der Waals surface area (Å²) in [6.07, 6.45) is 4.29. The van der Waals surface area contributed by atoms with Crippen LogP contribution >= 0.6 is 23.4 Å². The average Bonchev–Trinajstić information content (AvgIpc) is 2.30. The van der Waals surface area contributed by atoms with Gasteiger partial charge in [0.25, 0.3) is 5.69 Å². The molecule has 0 heterocycles. The number of nitro benzene ring substituents is 1. The summed E-state index contributed by atoms with van der Waals surface area (Å²) < 4.78 is 0. The molecule has 0 spiro atoms. The highest BCUT2D eigenvalue weighted by Crippen LogP contribution is 2.23. The van der Waals surface area contributed by atoms with E-state index in [0.29, 0.717) is 22.8 Å². The number of carbonyl (C=O) groups is 1. The van der Waals surface area contributed by atoms with Gasteiger partial charge in [0.1, 0.15) is 0 Å². The molecule has 4 nitrogen and oxygen atoms in total. The Morgan fingerprint density at radius 3 is 2.89 bits per heavy atom. The number of hydrogen-bond acceptors (Lipinski definition) is 4. The van der Waals surface area contributed by atoms with Crippen LogP contribution in [0.2, 0.25) is 5.02 Å². The summed E-state index contributed by atoms with van der Waals surface area (Å²) in [6.45, 7) is 1.52. The van der Waals surface area contributed by atoms with Gasteiger partial charge in [-0.05, 0) is 18.1 Å². The van der Waals surface area contributed by atoms with Crippen molar-refractivity contribution in [3.63, 3.8) is 0 Å². The number of hydrogen-bond donors (Lipinski definition) is 0. The predicted molar refractivity (Wildman–Crippen MR) is 74.9 cm³/mol. The lowest BCUT2D eigenvalue weighted by Crippen LogP contribution is -1.88. The van der Waals surface area contributed by atoms with E-state index in [1.807, 2.05) is 6.08 Å². The summed E-state index contributed by atoms with van der Waals surface area (Å²) in [4.78, 5) is 20.8. The molecular formula is C12H12ClNO3S. The molecule has 0 aliphatic rings. The Morgan fingerprint density at radius 2 is 2.28 bits per heavy atom. The maximum absolute atomic E-state index is 10.7. The number of nitro groups is 1. The van der Waals surface area contributed by atoms with Crippen LogP contribution in [0.25, 0.3) is 6.08 Å². The van der Waals surface area contributed by atoms with Gasteiger partial charge in [-0.25, -0.2) is 0 Å². The second kappa shape index (κ2) is 7.18. The van der Waals surface area contributed by atoms with Crippen LogP contribution in [-0.2, 0) is 4.79 Å². The van der Waals surface area contributed by atoms with E-state index in [-0.39, 0.29) is 10.8 Å². The molecule has 1 aromatic rings. The Kier molecular flexibility index (Phi) is 5.88. The molecule has 0 aliphatic heterocycles. The van der Waals surface area contributed by atoms with Crippen LogP contribution in [0.3, 0.4) is 0 Å². The van der Waals surface area contributed by atoms with Crippen molar-refractivity contribution in [2.45, 2.75) is 13.3 Å². The largest absolute Gasteiger partial charge is 0.288 e. The second-order valence-corrected chi connectivity index (χ2v) is 5.17. The SMILES string of the molecule is CC(=O)SCCC=Cc1cc([N+](=O)[O-])ccc1Cl. The van der Waals surface area contributed by atoms with Gasteiger partial charge in [0.05, 0.1) is 4.92 Å². The highest BCUT2D eigenvalue weighted by atomic mass is 35.5. The molecule has 18 heavy (non-hydrogen) atoms. The van der Waals surface area contributed by atoms with Crippen molar-refractivity contribution in [3.05, 3.63) is 45.0 Å². The van der Waals surface area contributed by atoms with E-state index in [1.165, 1.54) is 36.9 Å². The quantitative estimate of drug-likeness (QED) is 0.467. The van der Waals surface area contributed by atoms with Gasteiger partial charge >= 0.3 is 0 Å². The Labute approximate surface area is 114 Å². The molecule has 0 saturated heterocycles. The van der Waals surface area contributed by atoms with Gasteiger partial charge in [-0.1, -0.05) is 35.5 Å². The highest BCUT2D eigenvalue weighted by Gasteiger charge is 2.07. The topological polar surface area (TPSA) is 60.2 Å². The van der Waals surface area contributed by atoms with Crippen LogP contribution in [0.5, 0.6) is 0 Å². The van der Waals surface area contributed by atoms with Crippen LogP contribution < -0.4 is 0 Å². The number of rotatable bonds is 5. The standard InChI is InChI=1S/C12H12ClNO3S/c1-9(15)18-7-3-2-4-10-8-11(14(16)17)5-6-12(10)13/h2,4-6,8H,3,7H2,1H3. The lowest BCUT2D eigenvalue weighted by molar-refractivity contribution is -0.384. The number of nitrogens with zero attached hydrogens (tertiary/aromatic N) is 1. The third-order valence-electron chi connectivity index (χ3n) is 2.08. The fourth-order valence-corrected chi connectivity index (χ4v) is 1.98. The van der Waals surface area contributed by atoms with Crippen LogP contribution in [0.4, 0.5) is 5.69 Å². The minimum atomic E-state index is -0.459. The summed E-state index contributed by atoms with van der Waals surface area (Å²) >= 11 is 7.18. The number of halogens is 1. The first-order valence-corrected chi connectivity index (χ1v) is 6.61. The van der Waals surface area contributed by atoms with Gasteiger partial charge in [-0.3, -0.25) is 14.9 Å². The van der Waals surface area contributed by atoms with Gasteiger partial charge in [0, 0.05) is 29.8 Å². The van der Waals surface area contributed by atoms with Crippen molar-refractivity contribution in [2.24, 2.45) is 0 Å². The maximum atomic E-state index is 10.7. The highest BCUT2D eigenvalue weighted by molar-refractivity contribution is 8.13. The van der Waals surface area contributed by atoms with Crippen molar-refractivity contribution >= 4 is 40.2 Å². The van der Waals surface area contributed by atoms with Crippen LogP contribution in [0, 0.1) is 10.1 Å². The summed E-state index contributed by atoms with van der Waals surface area (Å²) in [6, 6.07) is 4.30. The number of non-ortho nitro benzene ring substituents is 1. The fraction of sp³-hybridized carbons (Fsp3) is 0.250. The number of carbonyl (C=O) groups excluding carboxylic acids is 1. The number of allylic oxidation sites excluding steroid dienone is 1. The first-order valence-electron chi connectivity index (χ1n) is 5.24. The Morgan fingerprint density at radius 1 is 1.56 bits per heavy atom. The zero-order valence-electron chi connectivity index (χ0n) is 9.76. The monoisotopic (exact) mass is 285 g/mol. The summed E-state index contributed by atoms with van der Waals surface area (Å²) in [5, 5.41) is 11.2. The van der Waals surface area contributed by atoms with Crippen molar-refractivity contribution in [2.75, 3.05) is 5.75 Å². The molecule has 0 fully saturated rings. The molecule has 0 N–H and O–H groups in total. The second-order valence-electron chi connectivity index (χ2n) is 3.49. The molecule has 1 aromatic carbocycles. The summed E-state index contributed by atoms with van der Waals surface area (Å²) in [5.41, 5.74) is 0.621. The van der Waals surface area contributed by atoms with Gasteiger partial charge in [0.15, 0.2) is 5.12 Å². The molecule has 0 bridgehead atoms. The minimum Gasteiger partial charge on any atom is -0.288 e. The fourth-order valence-electron chi connectivity index (χ4n) is 1.25. The van der Waals surface area contributed by atoms with Gasteiger partial charge in [-0.15, -0.1) is 0 Å². The molecule has 0 atom stereocenters. The molecule has 96 valence electrons. The zero-order valence-corrected chi connectivity index (χ0v) is 11.3. The summed E-state index contributed by atoms with van der Waals surface area (Å²) in [7, 11) is 0. The number of benzene rings is 1. The van der Waals surface area contributed by atoms with E-state index in [4.69, 9.17) is 11.6 Å². The molecule has 6 heteroatoms. The van der Waals surface area contributed by atoms with Crippen LogP contribution in [0.1, 0.15) is 18.9 Å². The van der Waals surface area contributed by atoms with Crippen molar-refractivity contribution in [3.8, 4) is 0 Å². The zero-order chi connectivity index (χ0) is 13.5. The van der Waals surface area contributed by atoms with Gasteiger partial charge < -0.3 is 0 Å². The van der Waals surface area contributed by atoms with E-state index in [9.17, 15) is 14.9 Å². The predicted octanol–water partition coefficient (Wildman–Crippen LogP) is 3.93. The Bertz CT molecular complexity index is 488. The van der Waals surface area contributed by atoms with E-state index >= 15 is 0 Å². The Balaban J connectivity index is 2.65. The first kappa shape index (κ1) is 14.7. The Hall–Kier alpha value is -1.33. The number of thioether (sulfide) groups is 1. The molecule has 0 aliphatic carbocycles. The molecule has 1 rings (SSSR count). The molecule has 0 radical (unpaired) electrons. The first-order chi connectivity index (χ1) is 8.50. The van der Waals surface area contributed by atoms with Gasteiger partial charge in [0.2, 0.25) is 0 Å². The molecular weight excluding hydrogens is 274 g/mol. The lowest BCUT2D eigenvalue weighted by atomic mass is 10.2. The minimum absolute atomic E-state index is 0.0113. The molecule has 0 aromatic heterocycles.